The van der Waals surface area contributed by atoms with Crippen LogP contribution in [-0.2, 0) is 4.79 Å². The molecule has 0 aliphatic carbocycles. The summed E-state index contributed by atoms with van der Waals surface area (Å²) in [5, 5.41) is 18.6. The average Bonchev–Trinajstić information content (AvgIpc) is 3.46. The lowest BCUT2D eigenvalue weighted by atomic mass is 10.1. The Morgan fingerprint density at radius 1 is 1.13 bits per heavy atom. The molecule has 31 heavy (non-hydrogen) atoms. The van der Waals surface area contributed by atoms with Crippen LogP contribution in [0.2, 0.25) is 0 Å². The molecule has 1 atom stereocenters. The van der Waals surface area contributed by atoms with Crippen LogP contribution in [0.5, 0.6) is 5.75 Å². The smallest absolute Gasteiger partial charge is 0.239 e. The summed E-state index contributed by atoms with van der Waals surface area (Å²) in [6.45, 7) is 1.56. The number of carbonyl (C=O) groups is 1. The first-order chi connectivity index (χ1) is 15.2. The van der Waals surface area contributed by atoms with Crippen LogP contribution < -0.4 is 9.75 Å². The van der Waals surface area contributed by atoms with Crippen molar-refractivity contribution in [2.45, 2.75) is 18.1 Å². The highest BCUT2D eigenvalue weighted by molar-refractivity contribution is 7.99. The number of benzene rings is 2. The second-order valence-electron chi connectivity index (χ2n) is 7.11. The second kappa shape index (κ2) is 7.92. The summed E-state index contributed by atoms with van der Waals surface area (Å²) in [4.78, 5) is 12.8. The Morgan fingerprint density at radius 3 is 2.61 bits per heavy atom. The molecule has 0 fully saturated rings. The molecule has 1 amide bonds. The fourth-order valence-corrected chi connectivity index (χ4v) is 4.73. The van der Waals surface area contributed by atoms with Gasteiger partial charge in [0.2, 0.25) is 16.9 Å². The Hall–Kier alpha value is -3.59. The fourth-order valence-electron chi connectivity index (χ4n) is 3.70. The Bertz CT molecular complexity index is 1220. The molecule has 2 aromatic heterocycles. The highest BCUT2D eigenvalue weighted by Gasteiger charge is 2.35. The van der Waals surface area contributed by atoms with E-state index >= 15 is 0 Å². The molecule has 8 nitrogen and oxygen atoms in total. The van der Waals surface area contributed by atoms with Crippen LogP contribution in [0.25, 0.3) is 22.8 Å². The third-order valence-electron chi connectivity index (χ3n) is 5.20. The number of nitrogens with zero attached hydrogens (tertiary/aromatic N) is 5. The molecule has 156 valence electrons. The zero-order chi connectivity index (χ0) is 21.4. The van der Waals surface area contributed by atoms with E-state index in [0.717, 1.165) is 22.6 Å². The van der Waals surface area contributed by atoms with Crippen molar-refractivity contribution in [3.05, 3.63) is 66.2 Å². The first-order valence-corrected chi connectivity index (χ1v) is 10.8. The Balaban J connectivity index is 1.55. The summed E-state index contributed by atoms with van der Waals surface area (Å²) in [7, 11) is 1.64. The Kier molecular flexibility index (Phi) is 4.95. The van der Waals surface area contributed by atoms with Gasteiger partial charge in [-0.15, -0.1) is 10.2 Å². The van der Waals surface area contributed by atoms with Crippen molar-refractivity contribution in [1.29, 1.82) is 0 Å². The maximum Gasteiger partial charge on any atom is 0.239 e. The Morgan fingerprint density at radius 2 is 1.90 bits per heavy atom. The summed E-state index contributed by atoms with van der Waals surface area (Å²) in [6, 6.07) is 19.4. The number of hydrogen-bond acceptors (Lipinski definition) is 6. The number of aromatic amines is 1. The highest BCUT2D eigenvalue weighted by Crippen LogP contribution is 2.37. The largest absolute Gasteiger partial charge is 0.497 e. The maximum absolute atomic E-state index is 12.8. The van der Waals surface area contributed by atoms with Gasteiger partial charge in [0, 0.05) is 18.2 Å². The lowest BCUT2D eigenvalue weighted by Gasteiger charge is -2.36. The van der Waals surface area contributed by atoms with Crippen LogP contribution in [0.4, 0.5) is 0 Å². The number of nitrogens with one attached hydrogen (secondary N) is 1. The topological polar surface area (TPSA) is 88.9 Å². The number of thioether (sulfide) groups is 1. The number of carbonyl (C=O) groups excluding carboxylic acids is 1. The number of methoxy groups -OCH3 is 1. The van der Waals surface area contributed by atoms with E-state index in [-0.39, 0.29) is 11.9 Å². The zero-order valence-corrected chi connectivity index (χ0v) is 17.8. The minimum Gasteiger partial charge on any atom is -0.497 e. The molecule has 9 heteroatoms. The molecule has 0 saturated carbocycles. The van der Waals surface area contributed by atoms with Gasteiger partial charge in [-0.2, -0.15) is 5.10 Å². The fraction of sp³-hybridized carbons (Fsp3) is 0.182. The van der Waals surface area contributed by atoms with Crippen molar-refractivity contribution in [3.63, 3.8) is 0 Å². The standard InChI is InChI=1S/C22H20N6O2S/c1-14(29)27-20(16-8-10-17(30-2)11-9-16)13-31-22-26-25-21(28(22)27)19-12-18(23-24-19)15-6-4-3-5-7-15/h3-12,20H,13H2,1-2H3,(H,23,24). The van der Waals surface area contributed by atoms with E-state index in [1.165, 1.54) is 0 Å². The summed E-state index contributed by atoms with van der Waals surface area (Å²) in [6.07, 6.45) is 0. The predicted octanol–water partition coefficient (Wildman–Crippen LogP) is 3.68. The number of fused-ring (bicyclic) bond motifs is 1. The molecule has 1 aliphatic heterocycles. The van der Waals surface area contributed by atoms with Crippen molar-refractivity contribution in [2.75, 3.05) is 17.9 Å². The molecule has 2 aromatic carbocycles. The number of H-pyrrole nitrogens is 1. The van der Waals surface area contributed by atoms with Crippen molar-refractivity contribution in [1.82, 2.24) is 25.1 Å². The van der Waals surface area contributed by atoms with Gasteiger partial charge in [0.1, 0.15) is 11.4 Å². The van der Waals surface area contributed by atoms with Crippen LogP contribution in [0.15, 0.2) is 65.8 Å². The quantitative estimate of drug-likeness (QED) is 0.529. The van der Waals surface area contributed by atoms with Crippen LogP contribution in [0, 0.1) is 0 Å². The van der Waals surface area contributed by atoms with E-state index in [9.17, 15) is 4.79 Å². The van der Waals surface area contributed by atoms with Crippen molar-refractivity contribution in [3.8, 4) is 28.5 Å². The van der Waals surface area contributed by atoms with E-state index in [1.807, 2.05) is 60.7 Å². The summed E-state index contributed by atoms with van der Waals surface area (Å²) >= 11 is 1.57. The normalized spacial score (nSPS) is 15.5. The van der Waals surface area contributed by atoms with Crippen LogP contribution in [-0.4, -0.2) is 43.8 Å². The lowest BCUT2D eigenvalue weighted by molar-refractivity contribution is -0.118. The van der Waals surface area contributed by atoms with E-state index in [0.29, 0.717) is 22.4 Å². The molecule has 1 aliphatic rings. The van der Waals surface area contributed by atoms with E-state index in [4.69, 9.17) is 4.74 Å². The molecule has 0 bridgehead atoms. The predicted molar refractivity (Wildman–Crippen MR) is 118 cm³/mol. The van der Waals surface area contributed by atoms with Gasteiger partial charge in [-0.25, -0.2) is 9.69 Å². The molecule has 0 spiro atoms. The molecule has 1 unspecified atom stereocenters. The van der Waals surface area contributed by atoms with Crippen molar-refractivity contribution < 1.29 is 9.53 Å². The number of aromatic nitrogens is 5. The summed E-state index contributed by atoms with van der Waals surface area (Å²) in [5.74, 6) is 1.91. The molecule has 0 saturated heterocycles. The second-order valence-corrected chi connectivity index (χ2v) is 8.10. The van der Waals surface area contributed by atoms with E-state index < -0.39 is 0 Å². The van der Waals surface area contributed by atoms with E-state index in [1.54, 1.807) is 35.5 Å². The van der Waals surface area contributed by atoms with Gasteiger partial charge < -0.3 is 4.74 Å². The van der Waals surface area contributed by atoms with Gasteiger partial charge in [-0.3, -0.25) is 9.89 Å². The SMILES string of the molecule is COc1ccc(C2CSc3nnc(-c4cc(-c5ccccc5)n[nH]4)n3N2C(C)=O)cc1. The third kappa shape index (κ3) is 3.46. The minimum absolute atomic E-state index is 0.0915. The van der Waals surface area contributed by atoms with Crippen molar-refractivity contribution in [2.24, 2.45) is 0 Å². The monoisotopic (exact) mass is 432 g/mol. The van der Waals surface area contributed by atoms with Crippen molar-refractivity contribution >= 4 is 17.7 Å². The van der Waals surface area contributed by atoms with E-state index in [2.05, 4.69) is 20.4 Å². The molecule has 4 aromatic rings. The summed E-state index contributed by atoms with van der Waals surface area (Å²) < 4.78 is 7.05. The number of rotatable bonds is 4. The van der Waals surface area contributed by atoms with Gasteiger partial charge >= 0.3 is 0 Å². The summed E-state index contributed by atoms with van der Waals surface area (Å²) in [5.41, 5.74) is 3.51. The zero-order valence-electron chi connectivity index (χ0n) is 17.0. The van der Waals surface area contributed by atoms with Gasteiger partial charge in [0.15, 0.2) is 0 Å². The molecular weight excluding hydrogens is 412 g/mol. The maximum atomic E-state index is 12.8. The Labute approximate surface area is 183 Å². The first kappa shape index (κ1) is 19.4. The number of hydrogen-bond donors (Lipinski definition) is 1. The van der Waals surface area contributed by atoms with Gasteiger partial charge in [0.05, 0.1) is 18.8 Å². The first-order valence-electron chi connectivity index (χ1n) is 9.79. The number of ether oxygens (including phenoxy) is 1. The highest BCUT2D eigenvalue weighted by atomic mass is 32.2. The molecule has 3 heterocycles. The third-order valence-corrected chi connectivity index (χ3v) is 6.20. The average molecular weight is 433 g/mol. The van der Waals surface area contributed by atoms with Crippen LogP contribution in [0.3, 0.4) is 0 Å². The van der Waals surface area contributed by atoms with Gasteiger partial charge in [-0.1, -0.05) is 54.2 Å². The molecular formula is C22H20N6O2S. The number of amides is 1. The van der Waals surface area contributed by atoms with Crippen LogP contribution >= 0.6 is 11.8 Å². The minimum atomic E-state index is -0.160. The molecule has 1 N–H and O–H groups in total. The van der Waals surface area contributed by atoms with Gasteiger partial charge in [-0.05, 0) is 23.8 Å². The van der Waals surface area contributed by atoms with Gasteiger partial charge in [0.25, 0.3) is 0 Å². The molecule has 5 rings (SSSR count). The van der Waals surface area contributed by atoms with Crippen LogP contribution in [0.1, 0.15) is 18.5 Å². The lowest BCUT2D eigenvalue weighted by Crippen LogP contribution is -2.46. The molecule has 0 radical (unpaired) electrons.